The Hall–Kier alpha value is -2.17. The average Bonchev–Trinajstić information content (AvgIpc) is 2.64. The number of nitrogens with zero attached hydrogens (tertiary/aromatic N) is 3. The Morgan fingerprint density at radius 1 is 1.56 bits per heavy atom. The molecule has 0 unspecified atom stereocenters. The normalized spacial score (nSPS) is 10.3. The molecule has 0 saturated heterocycles. The Morgan fingerprint density at radius 2 is 2.38 bits per heavy atom. The van der Waals surface area contributed by atoms with Crippen LogP contribution in [-0.2, 0) is 6.54 Å². The van der Waals surface area contributed by atoms with Crippen molar-refractivity contribution in [3.63, 3.8) is 0 Å². The van der Waals surface area contributed by atoms with Crippen LogP contribution in [0.25, 0.3) is 0 Å². The summed E-state index contributed by atoms with van der Waals surface area (Å²) in [6.07, 6.45) is 5.16. The monoisotopic (exact) mass is 217 g/mol. The summed E-state index contributed by atoms with van der Waals surface area (Å²) in [6.45, 7) is 2.51. The zero-order valence-corrected chi connectivity index (χ0v) is 8.79. The molecule has 5 heteroatoms. The number of hydrogen-bond acceptors (Lipinski definition) is 3. The Bertz CT molecular complexity index is 519. The zero-order chi connectivity index (χ0) is 11.5. The minimum atomic E-state index is -1.02. The Morgan fingerprint density at radius 3 is 3.00 bits per heavy atom. The molecule has 2 aromatic rings. The van der Waals surface area contributed by atoms with Gasteiger partial charge in [-0.25, -0.2) is 9.78 Å². The van der Waals surface area contributed by atoms with E-state index >= 15 is 0 Å². The van der Waals surface area contributed by atoms with Crippen molar-refractivity contribution < 1.29 is 9.90 Å². The predicted molar refractivity (Wildman–Crippen MR) is 57.3 cm³/mol. The summed E-state index contributed by atoms with van der Waals surface area (Å²) in [4.78, 5) is 14.5. The van der Waals surface area contributed by atoms with E-state index in [1.54, 1.807) is 23.0 Å². The number of aromatic nitrogens is 3. The lowest BCUT2D eigenvalue weighted by Crippen LogP contribution is -2.04. The Labute approximate surface area is 92.4 Å². The van der Waals surface area contributed by atoms with Crippen LogP contribution in [0.3, 0.4) is 0 Å². The molecular formula is C11H11N3O2. The fraction of sp³-hybridized carbons (Fsp3) is 0.182. The second kappa shape index (κ2) is 4.14. The van der Waals surface area contributed by atoms with Gasteiger partial charge in [-0.2, -0.15) is 5.10 Å². The fourth-order valence-electron chi connectivity index (χ4n) is 1.43. The van der Waals surface area contributed by atoms with Gasteiger partial charge in [0.2, 0.25) is 0 Å². The van der Waals surface area contributed by atoms with Gasteiger partial charge in [0.1, 0.15) is 5.69 Å². The molecule has 1 N–H and O–H groups in total. The number of aromatic carboxylic acids is 1. The van der Waals surface area contributed by atoms with Crippen molar-refractivity contribution in [2.45, 2.75) is 13.5 Å². The minimum absolute atomic E-state index is 0.0568. The quantitative estimate of drug-likeness (QED) is 0.842. The minimum Gasteiger partial charge on any atom is -0.477 e. The van der Waals surface area contributed by atoms with E-state index in [-0.39, 0.29) is 5.69 Å². The van der Waals surface area contributed by atoms with Crippen molar-refractivity contribution in [3.05, 3.63) is 47.5 Å². The van der Waals surface area contributed by atoms with E-state index in [1.807, 2.05) is 13.1 Å². The first-order chi connectivity index (χ1) is 7.65. The van der Waals surface area contributed by atoms with E-state index in [9.17, 15) is 4.79 Å². The van der Waals surface area contributed by atoms with Crippen LogP contribution in [0, 0.1) is 6.92 Å². The molecule has 2 heterocycles. The zero-order valence-electron chi connectivity index (χ0n) is 8.79. The molecule has 0 aliphatic heterocycles. The number of rotatable bonds is 3. The molecule has 82 valence electrons. The first-order valence-electron chi connectivity index (χ1n) is 4.82. The molecule has 0 fully saturated rings. The van der Waals surface area contributed by atoms with Gasteiger partial charge >= 0.3 is 5.97 Å². The predicted octanol–water partition coefficient (Wildman–Crippen LogP) is 1.33. The maximum absolute atomic E-state index is 10.7. The van der Waals surface area contributed by atoms with Crippen LogP contribution >= 0.6 is 0 Å². The number of carboxylic acids is 1. The van der Waals surface area contributed by atoms with Crippen molar-refractivity contribution in [2.75, 3.05) is 0 Å². The van der Waals surface area contributed by atoms with Crippen LogP contribution in [0.2, 0.25) is 0 Å². The van der Waals surface area contributed by atoms with Gasteiger partial charge < -0.3 is 5.11 Å². The maximum atomic E-state index is 10.7. The smallest absolute Gasteiger partial charge is 0.354 e. The van der Waals surface area contributed by atoms with E-state index in [0.29, 0.717) is 6.54 Å². The van der Waals surface area contributed by atoms with Crippen molar-refractivity contribution >= 4 is 5.97 Å². The van der Waals surface area contributed by atoms with Crippen LogP contribution in [-0.4, -0.2) is 25.8 Å². The van der Waals surface area contributed by atoms with Gasteiger partial charge in [-0.3, -0.25) is 4.68 Å². The molecule has 0 saturated carbocycles. The average molecular weight is 217 g/mol. The maximum Gasteiger partial charge on any atom is 0.354 e. The lowest BCUT2D eigenvalue weighted by Gasteiger charge is -2.02. The van der Waals surface area contributed by atoms with Gasteiger partial charge in [-0.1, -0.05) is 0 Å². The molecular weight excluding hydrogens is 206 g/mol. The van der Waals surface area contributed by atoms with E-state index in [1.165, 1.54) is 6.20 Å². The van der Waals surface area contributed by atoms with Gasteiger partial charge in [0.15, 0.2) is 0 Å². The molecule has 2 aromatic heterocycles. The summed E-state index contributed by atoms with van der Waals surface area (Å²) in [7, 11) is 0. The molecule has 0 amide bonds. The second-order valence-corrected chi connectivity index (χ2v) is 3.57. The lowest BCUT2D eigenvalue weighted by molar-refractivity contribution is 0.0690. The second-order valence-electron chi connectivity index (χ2n) is 3.57. The lowest BCUT2D eigenvalue weighted by atomic mass is 10.2. The fourth-order valence-corrected chi connectivity index (χ4v) is 1.43. The molecule has 0 bridgehead atoms. The summed E-state index contributed by atoms with van der Waals surface area (Å²) < 4.78 is 1.76. The number of hydrogen-bond donors (Lipinski definition) is 1. The van der Waals surface area contributed by atoms with Crippen LogP contribution in [0.15, 0.2) is 30.7 Å². The highest BCUT2D eigenvalue weighted by Gasteiger charge is 2.05. The third kappa shape index (κ3) is 2.25. The Kier molecular flexibility index (Phi) is 2.68. The summed E-state index contributed by atoms with van der Waals surface area (Å²) in [5.41, 5.74) is 2.00. The van der Waals surface area contributed by atoms with E-state index in [0.717, 1.165) is 11.1 Å². The van der Waals surface area contributed by atoms with E-state index < -0.39 is 5.97 Å². The van der Waals surface area contributed by atoms with Gasteiger partial charge in [0.05, 0.1) is 12.7 Å². The Balaban J connectivity index is 2.21. The third-order valence-corrected chi connectivity index (χ3v) is 2.15. The van der Waals surface area contributed by atoms with Crippen molar-refractivity contribution in [3.8, 4) is 0 Å². The van der Waals surface area contributed by atoms with Crippen LogP contribution in [0.1, 0.15) is 21.6 Å². The summed E-state index contributed by atoms with van der Waals surface area (Å²) in [5.74, 6) is -1.02. The molecule has 0 spiro atoms. The summed E-state index contributed by atoms with van der Waals surface area (Å²) >= 11 is 0. The van der Waals surface area contributed by atoms with Gasteiger partial charge in [-0.15, -0.1) is 0 Å². The van der Waals surface area contributed by atoms with Gasteiger partial charge in [-0.05, 0) is 30.2 Å². The molecule has 0 aromatic carbocycles. The van der Waals surface area contributed by atoms with Crippen molar-refractivity contribution in [2.24, 2.45) is 0 Å². The molecule has 0 radical (unpaired) electrons. The van der Waals surface area contributed by atoms with Crippen LogP contribution in [0.4, 0.5) is 0 Å². The molecule has 0 atom stereocenters. The van der Waals surface area contributed by atoms with Crippen molar-refractivity contribution in [1.29, 1.82) is 0 Å². The highest BCUT2D eigenvalue weighted by molar-refractivity contribution is 5.85. The summed E-state index contributed by atoms with van der Waals surface area (Å²) in [6, 6.07) is 3.34. The molecule has 5 nitrogen and oxygen atoms in total. The standard InChI is InChI=1S/C11H11N3O2/c1-8-5-13-14(6-8)7-9-2-3-12-10(4-9)11(15)16/h2-6H,7H2,1H3,(H,15,16). The largest absolute Gasteiger partial charge is 0.477 e. The first kappa shape index (κ1) is 10.4. The number of carboxylic acid groups (broad SMARTS) is 1. The van der Waals surface area contributed by atoms with Crippen LogP contribution in [0.5, 0.6) is 0 Å². The third-order valence-electron chi connectivity index (χ3n) is 2.15. The van der Waals surface area contributed by atoms with E-state index in [4.69, 9.17) is 5.11 Å². The van der Waals surface area contributed by atoms with Gasteiger partial charge in [0, 0.05) is 12.4 Å². The van der Waals surface area contributed by atoms with Crippen LogP contribution < -0.4 is 0 Å². The molecule has 2 rings (SSSR count). The highest BCUT2D eigenvalue weighted by atomic mass is 16.4. The molecule has 0 aliphatic rings. The number of pyridine rings is 1. The van der Waals surface area contributed by atoms with E-state index in [2.05, 4.69) is 10.1 Å². The van der Waals surface area contributed by atoms with Gasteiger partial charge in [0.25, 0.3) is 0 Å². The molecule has 16 heavy (non-hydrogen) atoms. The number of carbonyl (C=O) groups is 1. The topological polar surface area (TPSA) is 68.0 Å². The highest BCUT2D eigenvalue weighted by Crippen LogP contribution is 2.05. The molecule has 0 aliphatic carbocycles. The summed E-state index contributed by atoms with van der Waals surface area (Å²) in [5, 5.41) is 12.9. The number of aryl methyl sites for hydroxylation is 1. The first-order valence-corrected chi connectivity index (χ1v) is 4.82. The van der Waals surface area contributed by atoms with Crippen molar-refractivity contribution in [1.82, 2.24) is 14.8 Å². The SMILES string of the molecule is Cc1cnn(Cc2ccnc(C(=O)O)c2)c1.